The first-order chi connectivity index (χ1) is 28.8. The Kier molecular flexibility index (Phi) is 6.72. The summed E-state index contributed by atoms with van der Waals surface area (Å²) in [5, 5.41) is 8.79. The first kappa shape index (κ1) is 32.0. The van der Waals surface area contributed by atoms with Gasteiger partial charge in [-0.1, -0.05) is 121 Å². The van der Waals surface area contributed by atoms with Gasteiger partial charge in [0, 0.05) is 80.7 Å². The molecule has 4 heteroatoms. The molecule has 1 aliphatic carbocycles. The minimum absolute atomic E-state index is 0.960. The number of hydrogen-bond donors (Lipinski definition) is 0. The molecule has 0 atom stereocenters. The molecule has 0 fully saturated rings. The molecule has 0 amide bonds. The molecule has 4 heterocycles. The summed E-state index contributed by atoms with van der Waals surface area (Å²) < 4.78 is 14.2. The number of fused-ring (bicyclic) bond motifs is 12. The molecule has 272 valence electrons. The number of aromatic nitrogens is 2. The average molecular weight is 759 g/mol. The van der Waals surface area contributed by atoms with Gasteiger partial charge in [-0.05, 0) is 79.1 Å². The van der Waals surface area contributed by atoms with E-state index in [0.717, 1.165) is 35.6 Å². The van der Waals surface area contributed by atoms with Gasteiger partial charge in [-0.25, -0.2) is 0 Å². The van der Waals surface area contributed by atoms with Gasteiger partial charge < -0.3 is 13.6 Å². The SMILES string of the molecule is C1=C(c2cc(-n3c4ccccc4c4cc(-c5cccc6c7ccccc7n(-c7ccccc7)c56)ccc43)cc3c2sc2ccccc23)c2oc3ccccc3c2CC1. The Labute approximate surface area is 337 Å². The van der Waals surface area contributed by atoms with E-state index >= 15 is 0 Å². The van der Waals surface area contributed by atoms with Gasteiger partial charge >= 0.3 is 0 Å². The Morgan fingerprint density at radius 2 is 1.16 bits per heavy atom. The number of para-hydroxylation sites is 5. The van der Waals surface area contributed by atoms with Gasteiger partial charge in [0.2, 0.25) is 0 Å². The fourth-order valence-corrected chi connectivity index (χ4v) is 11.1. The molecule has 0 aliphatic heterocycles. The van der Waals surface area contributed by atoms with Crippen LogP contribution in [0.1, 0.15) is 23.3 Å². The number of nitrogens with zero attached hydrogens (tertiary/aromatic N) is 2. The van der Waals surface area contributed by atoms with Crippen LogP contribution in [0.4, 0.5) is 0 Å². The van der Waals surface area contributed by atoms with E-state index < -0.39 is 0 Å². The zero-order chi connectivity index (χ0) is 37.9. The third-order valence-electron chi connectivity index (χ3n) is 12.4. The van der Waals surface area contributed by atoms with Crippen molar-refractivity contribution in [2.24, 2.45) is 0 Å². The van der Waals surface area contributed by atoms with Crippen LogP contribution in [-0.4, -0.2) is 9.13 Å². The molecule has 3 nitrogen and oxygen atoms in total. The maximum Gasteiger partial charge on any atom is 0.138 e. The van der Waals surface area contributed by atoms with Crippen LogP contribution in [0.3, 0.4) is 0 Å². The molecule has 0 saturated heterocycles. The lowest BCUT2D eigenvalue weighted by Crippen LogP contribution is -2.00. The Balaban J connectivity index is 1.07. The highest BCUT2D eigenvalue weighted by molar-refractivity contribution is 7.26. The molecule has 58 heavy (non-hydrogen) atoms. The Morgan fingerprint density at radius 1 is 0.466 bits per heavy atom. The summed E-state index contributed by atoms with van der Waals surface area (Å²) in [5.41, 5.74) is 14.3. The van der Waals surface area contributed by atoms with Gasteiger partial charge in [-0.15, -0.1) is 11.3 Å². The van der Waals surface area contributed by atoms with E-state index in [1.165, 1.54) is 97.0 Å². The molecule has 0 unspecified atom stereocenters. The highest BCUT2D eigenvalue weighted by atomic mass is 32.1. The van der Waals surface area contributed by atoms with E-state index in [0.29, 0.717) is 0 Å². The predicted molar refractivity (Wildman–Crippen MR) is 245 cm³/mol. The Hall–Kier alpha value is -7.14. The molecule has 0 N–H and O–H groups in total. The smallest absolute Gasteiger partial charge is 0.138 e. The molecule has 0 saturated carbocycles. The molecular weight excluding hydrogens is 725 g/mol. The van der Waals surface area contributed by atoms with Crippen molar-refractivity contribution in [3.63, 3.8) is 0 Å². The lowest BCUT2D eigenvalue weighted by Gasteiger charge is -2.17. The zero-order valence-electron chi connectivity index (χ0n) is 31.4. The molecule has 8 aromatic carbocycles. The monoisotopic (exact) mass is 758 g/mol. The molecule has 12 aromatic rings. The van der Waals surface area contributed by atoms with Crippen LogP contribution in [0.2, 0.25) is 0 Å². The van der Waals surface area contributed by atoms with Crippen LogP contribution in [0.25, 0.3) is 103 Å². The van der Waals surface area contributed by atoms with E-state index in [2.05, 4.69) is 191 Å². The first-order valence-electron chi connectivity index (χ1n) is 20.1. The van der Waals surface area contributed by atoms with Crippen molar-refractivity contribution < 1.29 is 4.42 Å². The molecule has 0 spiro atoms. The van der Waals surface area contributed by atoms with Gasteiger partial charge in [0.15, 0.2) is 0 Å². The second kappa shape index (κ2) is 12.2. The van der Waals surface area contributed by atoms with Gasteiger partial charge in [0.05, 0.1) is 22.1 Å². The summed E-state index contributed by atoms with van der Waals surface area (Å²) >= 11 is 1.88. The summed E-state index contributed by atoms with van der Waals surface area (Å²) in [6, 6.07) is 64.5. The highest BCUT2D eigenvalue weighted by Crippen LogP contribution is 2.47. The quantitative estimate of drug-likeness (QED) is 0.175. The minimum Gasteiger partial charge on any atom is -0.456 e. The van der Waals surface area contributed by atoms with Crippen molar-refractivity contribution in [3.8, 4) is 22.5 Å². The normalized spacial score (nSPS) is 13.1. The van der Waals surface area contributed by atoms with Crippen molar-refractivity contribution in [3.05, 3.63) is 199 Å². The number of aryl methyl sites for hydroxylation is 1. The number of hydrogen-bond acceptors (Lipinski definition) is 2. The maximum absolute atomic E-state index is 6.72. The van der Waals surface area contributed by atoms with Crippen LogP contribution in [0, 0.1) is 0 Å². The van der Waals surface area contributed by atoms with E-state index in [9.17, 15) is 0 Å². The fraction of sp³-hybridized carbons (Fsp3) is 0.0370. The van der Waals surface area contributed by atoms with Crippen LogP contribution in [0.5, 0.6) is 0 Å². The second-order valence-corrected chi connectivity index (χ2v) is 16.6. The lowest BCUT2D eigenvalue weighted by molar-refractivity contribution is 0.591. The van der Waals surface area contributed by atoms with Gasteiger partial charge in [-0.2, -0.15) is 0 Å². The van der Waals surface area contributed by atoms with Gasteiger partial charge in [0.25, 0.3) is 0 Å². The highest BCUT2D eigenvalue weighted by Gasteiger charge is 2.26. The van der Waals surface area contributed by atoms with Crippen LogP contribution in [0.15, 0.2) is 186 Å². The van der Waals surface area contributed by atoms with E-state index in [1.54, 1.807) is 0 Å². The second-order valence-electron chi connectivity index (χ2n) is 15.5. The molecule has 1 aliphatic rings. The summed E-state index contributed by atoms with van der Waals surface area (Å²) in [4.78, 5) is 0. The average Bonchev–Trinajstić information content (AvgIpc) is 4.04. The summed E-state index contributed by atoms with van der Waals surface area (Å²) in [6.07, 6.45) is 4.37. The number of thiophene rings is 1. The summed E-state index contributed by atoms with van der Waals surface area (Å²) in [6.45, 7) is 0. The summed E-state index contributed by atoms with van der Waals surface area (Å²) in [7, 11) is 0. The molecule has 0 radical (unpaired) electrons. The van der Waals surface area contributed by atoms with Gasteiger partial charge in [0.1, 0.15) is 11.3 Å². The van der Waals surface area contributed by atoms with Crippen molar-refractivity contribution in [1.29, 1.82) is 0 Å². The number of allylic oxidation sites excluding steroid dienone is 1. The van der Waals surface area contributed by atoms with Crippen LogP contribution < -0.4 is 0 Å². The van der Waals surface area contributed by atoms with Crippen LogP contribution in [-0.2, 0) is 6.42 Å². The predicted octanol–water partition coefficient (Wildman–Crippen LogP) is 15.0. The largest absolute Gasteiger partial charge is 0.456 e. The topological polar surface area (TPSA) is 23.0 Å². The van der Waals surface area contributed by atoms with Crippen molar-refractivity contribution >= 4 is 91.7 Å². The number of rotatable bonds is 4. The van der Waals surface area contributed by atoms with Crippen molar-refractivity contribution in [2.45, 2.75) is 12.8 Å². The van der Waals surface area contributed by atoms with Crippen molar-refractivity contribution in [1.82, 2.24) is 9.13 Å². The first-order valence-corrected chi connectivity index (χ1v) is 20.9. The molecular formula is C54H34N2OS. The lowest BCUT2D eigenvalue weighted by atomic mass is 9.90. The van der Waals surface area contributed by atoms with Gasteiger partial charge in [-0.3, -0.25) is 0 Å². The van der Waals surface area contributed by atoms with Crippen LogP contribution >= 0.6 is 11.3 Å². The van der Waals surface area contributed by atoms with E-state index in [-0.39, 0.29) is 0 Å². The minimum atomic E-state index is 0.960. The molecule has 13 rings (SSSR count). The maximum atomic E-state index is 6.72. The number of benzene rings is 8. The standard InChI is InChI=1S/C54H34N2OS/c1-2-14-34(15-3-1)56-48-25-9-4-16-37(48)41-21-12-20-36(52(41)56)33-28-29-49-44(30-33)38-17-5-8-24-47(38)55(49)35-31-45-40-19-7-11-27-51(40)58-54(45)46(32-35)43-23-13-22-42-39-18-6-10-26-50(39)57-53(42)43/h1-12,14-21,23-32H,13,22H2. The fourth-order valence-electron chi connectivity index (χ4n) is 9.91. The molecule has 4 aromatic heterocycles. The Bertz CT molecular complexity index is 3680. The zero-order valence-corrected chi connectivity index (χ0v) is 32.3. The third-order valence-corrected chi connectivity index (χ3v) is 13.6. The van der Waals surface area contributed by atoms with E-state index in [1.807, 2.05) is 11.3 Å². The number of furan rings is 1. The Morgan fingerprint density at radius 3 is 2.02 bits per heavy atom. The summed E-state index contributed by atoms with van der Waals surface area (Å²) in [5.74, 6) is 1.01. The van der Waals surface area contributed by atoms with E-state index in [4.69, 9.17) is 4.42 Å². The molecule has 0 bridgehead atoms. The third kappa shape index (κ3) is 4.49. The van der Waals surface area contributed by atoms with Crippen molar-refractivity contribution in [2.75, 3.05) is 0 Å².